The van der Waals surface area contributed by atoms with Gasteiger partial charge in [0.05, 0.1) is 13.2 Å². The van der Waals surface area contributed by atoms with E-state index < -0.39 is 0 Å². The molecule has 1 amide bonds. The summed E-state index contributed by atoms with van der Waals surface area (Å²) in [7, 11) is 1.46. The number of hydrogen-bond donors (Lipinski definition) is 2. The number of anilines is 1. The molecular weight excluding hydrogens is 260 g/mol. The van der Waals surface area contributed by atoms with Crippen molar-refractivity contribution in [3.63, 3.8) is 0 Å². The van der Waals surface area contributed by atoms with Crippen molar-refractivity contribution in [2.75, 3.05) is 12.4 Å². The summed E-state index contributed by atoms with van der Waals surface area (Å²) in [5.74, 6) is -0.0807. The second kappa shape index (κ2) is 5.32. The predicted molar refractivity (Wildman–Crippen MR) is 70.6 cm³/mol. The van der Waals surface area contributed by atoms with Gasteiger partial charge in [0, 0.05) is 6.20 Å². The van der Waals surface area contributed by atoms with Crippen LogP contribution >= 0.6 is 0 Å². The molecule has 3 rings (SSSR count). The molecule has 0 aliphatic heterocycles. The molecule has 2 heterocycles. The maximum atomic E-state index is 12.0. The Kier molecular flexibility index (Phi) is 3.36. The van der Waals surface area contributed by atoms with Gasteiger partial charge in [-0.15, -0.1) is 5.10 Å². The Hall–Kier alpha value is -2.38. The normalized spacial score (nSPS) is 15.4. The van der Waals surface area contributed by atoms with Gasteiger partial charge in [-0.1, -0.05) is 12.8 Å². The lowest BCUT2D eigenvalue weighted by Crippen LogP contribution is -2.15. The first kappa shape index (κ1) is 12.6. The maximum Gasteiger partial charge on any atom is 0.336 e. The predicted octanol–water partition coefficient (Wildman–Crippen LogP) is 1.38. The number of rotatable bonds is 4. The summed E-state index contributed by atoms with van der Waals surface area (Å²) < 4.78 is 6.71. The van der Waals surface area contributed by atoms with Crippen molar-refractivity contribution >= 4 is 11.9 Å². The zero-order chi connectivity index (χ0) is 13.9. The number of amides is 1. The van der Waals surface area contributed by atoms with E-state index in [-0.39, 0.29) is 17.9 Å². The van der Waals surface area contributed by atoms with Gasteiger partial charge < -0.3 is 4.74 Å². The van der Waals surface area contributed by atoms with Gasteiger partial charge in [-0.05, 0) is 18.9 Å². The summed E-state index contributed by atoms with van der Waals surface area (Å²) in [6.45, 7) is 0. The molecule has 106 valence electrons. The Morgan fingerprint density at radius 3 is 3.00 bits per heavy atom. The van der Waals surface area contributed by atoms with E-state index in [1.165, 1.54) is 20.0 Å². The second-order valence-corrected chi connectivity index (χ2v) is 4.74. The summed E-state index contributed by atoms with van der Waals surface area (Å²) in [5, 5.41) is 13.2. The first-order valence-corrected chi connectivity index (χ1v) is 6.59. The quantitative estimate of drug-likeness (QED) is 0.879. The third kappa shape index (κ3) is 2.49. The van der Waals surface area contributed by atoms with Crippen LogP contribution in [0.15, 0.2) is 12.3 Å². The van der Waals surface area contributed by atoms with Crippen LogP contribution in [0.4, 0.5) is 5.95 Å². The number of hydrogen-bond acceptors (Lipinski definition) is 5. The van der Waals surface area contributed by atoms with Crippen molar-refractivity contribution in [2.45, 2.75) is 31.7 Å². The summed E-state index contributed by atoms with van der Waals surface area (Å²) >= 11 is 0. The lowest BCUT2D eigenvalue weighted by molar-refractivity contribution is 0.102. The number of nitrogens with one attached hydrogen (secondary N) is 2. The number of carbonyl (C=O) groups excluding carboxylic acids is 1. The van der Waals surface area contributed by atoms with E-state index in [0.717, 1.165) is 12.8 Å². The van der Waals surface area contributed by atoms with Crippen LogP contribution in [-0.2, 0) is 0 Å². The van der Waals surface area contributed by atoms with Crippen LogP contribution in [0, 0.1) is 0 Å². The van der Waals surface area contributed by atoms with Crippen molar-refractivity contribution in [2.24, 2.45) is 0 Å². The van der Waals surface area contributed by atoms with Crippen LogP contribution in [0.1, 0.15) is 42.2 Å². The minimum atomic E-state index is -0.319. The van der Waals surface area contributed by atoms with Crippen LogP contribution < -0.4 is 10.1 Å². The highest BCUT2D eigenvalue weighted by Crippen LogP contribution is 2.28. The van der Waals surface area contributed by atoms with E-state index in [0.29, 0.717) is 11.7 Å². The third-order valence-corrected chi connectivity index (χ3v) is 3.42. The molecule has 0 saturated heterocycles. The fourth-order valence-corrected chi connectivity index (χ4v) is 2.40. The number of aromatic nitrogens is 5. The number of aromatic amines is 1. The largest absolute Gasteiger partial charge is 0.466 e. The molecule has 0 spiro atoms. The Labute approximate surface area is 115 Å². The molecule has 2 aromatic rings. The maximum absolute atomic E-state index is 12.0. The molecule has 8 heteroatoms. The molecule has 1 saturated carbocycles. The molecule has 1 aliphatic carbocycles. The van der Waals surface area contributed by atoms with Crippen molar-refractivity contribution in [1.29, 1.82) is 0 Å². The van der Waals surface area contributed by atoms with Gasteiger partial charge in [0.25, 0.3) is 5.91 Å². The first-order chi connectivity index (χ1) is 9.76. The highest BCUT2D eigenvalue weighted by molar-refractivity contribution is 6.01. The molecule has 2 N–H and O–H groups in total. The highest BCUT2D eigenvalue weighted by atomic mass is 16.5. The molecule has 8 nitrogen and oxygen atoms in total. The van der Waals surface area contributed by atoms with E-state index in [1.54, 1.807) is 6.07 Å². The van der Waals surface area contributed by atoms with Gasteiger partial charge in [-0.3, -0.25) is 14.8 Å². The summed E-state index contributed by atoms with van der Waals surface area (Å²) in [5.41, 5.74) is 0.368. The van der Waals surface area contributed by atoms with Crippen molar-refractivity contribution in [1.82, 2.24) is 25.0 Å². The van der Waals surface area contributed by atoms with Crippen LogP contribution in [0.2, 0.25) is 0 Å². The zero-order valence-electron chi connectivity index (χ0n) is 11.2. The van der Waals surface area contributed by atoms with E-state index in [2.05, 4.69) is 25.6 Å². The minimum absolute atomic E-state index is 0.178. The SMILES string of the molecule is COc1n[nH]c(NC(=O)c2ccn(C3CCCC3)n2)n1. The lowest BCUT2D eigenvalue weighted by atomic mass is 10.3. The van der Waals surface area contributed by atoms with Gasteiger partial charge in [0.2, 0.25) is 5.95 Å². The number of ether oxygens (including phenoxy) is 1. The van der Waals surface area contributed by atoms with Crippen molar-refractivity contribution in [3.05, 3.63) is 18.0 Å². The standard InChI is InChI=1S/C12H16N6O2/c1-20-12-14-11(15-16-12)13-10(19)9-6-7-18(17-9)8-4-2-3-5-8/h6-8H,2-5H2,1H3,(H2,13,14,15,16,19). The van der Waals surface area contributed by atoms with Gasteiger partial charge in [-0.2, -0.15) is 10.1 Å². The Morgan fingerprint density at radius 2 is 2.30 bits per heavy atom. The molecule has 20 heavy (non-hydrogen) atoms. The average molecular weight is 276 g/mol. The molecule has 0 radical (unpaired) electrons. The summed E-state index contributed by atoms with van der Waals surface area (Å²) in [6.07, 6.45) is 6.56. The van der Waals surface area contributed by atoms with Gasteiger partial charge >= 0.3 is 6.01 Å². The van der Waals surface area contributed by atoms with Crippen LogP contribution in [-0.4, -0.2) is 38.0 Å². The van der Waals surface area contributed by atoms with Gasteiger partial charge in [0.15, 0.2) is 5.69 Å². The molecule has 1 aliphatic rings. The highest BCUT2D eigenvalue weighted by Gasteiger charge is 2.19. The smallest absolute Gasteiger partial charge is 0.336 e. The van der Waals surface area contributed by atoms with E-state index in [4.69, 9.17) is 4.74 Å². The first-order valence-electron chi connectivity index (χ1n) is 6.59. The van der Waals surface area contributed by atoms with Gasteiger partial charge in [-0.25, -0.2) is 5.10 Å². The fraction of sp³-hybridized carbons (Fsp3) is 0.500. The molecule has 2 aromatic heterocycles. The second-order valence-electron chi connectivity index (χ2n) is 4.74. The summed E-state index contributed by atoms with van der Waals surface area (Å²) in [4.78, 5) is 15.9. The topological polar surface area (TPSA) is 97.7 Å². The average Bonchev–Trinajstić information content (AvgIpc) is 3.19. The number of carbonyl (C=O) groups is 1. The number of nitrogens with zero attached hydrogens (tertiary/aromatic N) is 4. The number of H-pyrrole nitrogens is 1. The Morgan fingerprint density at radius 1 is 1.50 bits per heavy atom. The lowest BCUT2D eigenvalue weighted by Gasteiger charge is -2.08. The van der Waals surface area contributed by atoms with Crippen LogP contribution in [0.5, 0.6) is 6.01 Å². The summed E-state index contributed by atoms with van der Waals surface area (Å²) in [6, 6.07) is 2.31. The molecular formula is C12H16N6O2. The molecule has 0 bridgehead atoms. The molecule has 0 atom stereocenters. The van der Waals surface area contributed by atoms with Gasteiger partial charge in [0.1, 0.15) is 0 Å². The molecule has 1 fully saturated rings. The van der Waals surface area contributed by atoms with Crippen LogP contribution in [0.3, 0.4) is 0 Å². The fourth-order valence-electron chi connectivity index (χ4n) is 2.40. The van der Waals surface area contributed by atoms with E-state index >= 15 is 0 Å². The minimum Gasteiger partial charge on any atom is -0.466 e. The Balaban J connectivity index is 1.67. The van der Waals surface area contributed by atoms with E-state index in [1.807, 2.05) is 10.9 Å². The molecule has 0 aromatic carbocycles. The van der Waals surface area contributed by atoms with Crippen molar-refractivity contribution in [3.8, 4) is 6.01 Å². The number of methoxy groups -OCH3 is 1. The molecule has 0 unspecified atom stereocenters. The van der Waals surface area contributed by atoms with E-state index in [9.17, 15) is 4.79 Å². The zero-order valence-corrected chi connectivity index (χ0v) is 11.2. The van der Waals surface area contributed by atoms with Crippen LogP contribution in [0.25, 0.3) is 0 Å². The third-order valence-electron chi connectivity index (χ3n) is 3.42. The monoisotopic (exact) mass is 276 g/mol. The van der Waals surface area contributed by atoms with Crippen molar-refractivity contribution < 1.29 is 9.53 Å². The Bertz CT molecular complexity index is 599.